The van der Waals surface area contributed by atoms with Gasteiger partial charge in [-0.25, -0.2) is 4.52 Å². The molecule has 1 aliphatic carbocycles. The molecule has 3 aromatic heterocycles. The highest BCUT2D eigenvalue weighted by Crippen LogP contribution is 2.32. The summed E-state index contributed by atoms with van der Waals surface area (Å²) in [5.41, 5.74) is 2.29. The zero-order valence-electron chi connectivity index (χ0n) is 9.41. The molecule has 4 heteroatoms. The fourth-order valence-electron chi connectivity index (χ4n) is 2.21. The van der Waals surface area contributed by atoms with E-state index in [1.165, 1.54) is 23.4 Å². The number of thiophene rings is 1. The van der Waals surface area contributed by atoms with Gasteiger partial charge in [-0.2, -0.15) is 5.10 Å². The van der Waals surface area contributed by atoms with Gasteiger partial charge in [0.25, 0.3) is 0 Å². The molecule has 0 aliphatic heterocycles. The van der Waals surface area contributed by atoms with Crippen molar-refractivity contribution in [3.63, 3.8) is 0 Å². The number of imidazole rings is 1. The van der Waals surface area contributed by atoms with Crippen molar-refractivity contribution in [1.82, 2.24) is 14.2 Å². The van der Waals surface area contributed by atoms with Crippen LogP contribution in [0, 0.1) is 5.92 Å². The lowest BCUT2D eigenvalue weighted by Crippen LogP contribution is -1.97. The van der Waals surface area contributed by atoms with Crippen LogP contribution in [0.25, 0.3) is 16.2 Å². The fourth-order valence-corrected chi connectivity index (χ4v) is 2.89. The van der Waals surface area contributed by atoms with Gasteiger partial charge in [0.1, 0.15) is 11.3 Å². The van der Waals surface area contributed by atoms with Crippen LogP contribution in [-0.4, -0.2) is 14.2 Å². The molecule has 1 aliphatic rings. The minimum Gasteiger partial charge on any atom is -0.331 e. The molecule has 0 radical (unpaired) electrons. The molecule has 3 heterocycles. The summed E-state index contributed by atoms with van der Waals surface area (Å²) in [4.78, 5) is 1.24. The Morgan fingerprint density at radius 3 is 3.06 bits per heavy atom. The molecule has 0 aromatic carbocycles. The maximum Gasteiger partial charge on any atom is 0.136 e. The normalized spacial score (nSPS) is 15.8. The Balaban J connectivity index is 1.78. The predicted octanol–water partition coefficient (Wildman–Crippen LogP) is 3.27. The first kappa shape index (κ1) is 9.48. The van der Waals surface area contributed by atoms with Gasteiger partial charge >= 0.3 is 0 Å². The average Bonchev–Trinajstić information content (AvgIpc) is 2.79. The third-order valence-electron chi connectivity index (χ3n) is 3.32. The van der Waals surface area contributed by atoms with E-state index in [1.807, 2.05) is 4.52 Å². The van der Waals surface area contributed by atoms with Crippen LogP contribution < -0.4 is 0 Å². The van der Waals surface area contributed by atoms with Gasteiger partial charge in [-0.3, -0.25) is 0 Å². The van der Waals surface area contributed by atoms with Crippen molar-refractivity contribution in [1.29, 1.82) is 0 Å². The zero-order chi connectivity index (χ0) is 11.2. The van der Waals surface area contributed by atoms with Crippen LogP contribution in [0.5, 0.6) is 0 Å². The van der Waals surface area contributed by atoms with E-state index >= 15 is 0 Å². The van der Waals surface area contributed by atoms with E-state index in [9.17, 15) is 0 Å². The Kier molecular flexibility index (Phi) is 1.93. The first-order chi connectivity index (χ1) is 8.40. The Bertz CT molecular complexity index is 643. The first-order valence-corrected chi connectivity index (χ1v) is 6.86. The summed E-state index contributed by atoms with van der Waals surface area (Å²) in [5.74, 6) is 0.895. The minimum absolute atomic E-state index is 0.895. The van der Waals surface area contributed by atoms with Crippen molar-refractivity contribution in [3.8, 4) is 10.6 Å². The van der Waals surface area contributed by atoms with Gasteiger partial charge in [-0.1, -0.05) is 6.07 Å². The fraction of sp³-hybridized carbons (Fsp3) is 0.308. The van der Waals surface area contributed by atoms with Gasteiger partial charge in [0.05, 0.1) is 4.88 Å². The molecule has 0 unspecified atom stereocenters. The smallest absolute Gasteiger partial charge is 0.136 e. The second-order valence-electron chi connectivity index (χ2n) is 4.70. The van der Waals surface area contributed by atoms with E-state index in [-0.39, 0.29) is 0 Å². The monoisotopic (exact) mass is 243 g/mol. The molecule has 0 atom stereocenters. The molecule has 0 amide bonds. The van der Waals surface area contributed by atoms with E-state index in [1.54, 1.807) is 11.3 Å². The number of rotatable bonds is 3. The lowest BCUT2D eigenvalue weighted by atomic mass is 10.3. The topological polar surface area (TPSA) is 22.2 Å². The van der Waals surface area contributed by atoms with Crippen LogP contribution in [0.15, 0.2) is 36.0 Å². The molecule has 86 valence electrons. The Hall–Kier alpha value is -1.55. The van der Waals surface area contributed by atoms with Crippen molar-refractivity contribution < 1.29 is 0 Å². The van der Waals surface area contributed by atoms with Crippen molar-refractivity contribution in [2.45, 2.75) is 19.4 Å². The highest BCUT2D eigenvalue weighted by molar-refractivity contribution is 7.13. The maximum absolute atomic E-state index is 4.61. The molecule has 0 N–H and O–H groups in total. The van der Waals surface area contributed by atoms with Crippen molar-refractivity contribution in [2.75, 3.05) is 0 Å². The molecular formula is C13H13N3S. The van der Waals surface area contributed by atoms with Crippen LogP contribution >= 0.6 is 11.3 Å². The highest BCUT2D eigenvalue weighted by atomic mass is 32.1. The van der Waals surface area contributed by atoms with Gasteiger partial charge in [0, 0.05) is 25.0 Å². The quantitative estimate of drug-likeness (QED) is 0.692. The number of hydrogen-bond donors (Lipinski definition) is 0. The van der Waals surface area contributed by atoms with Crippen LogP contribution in [0.1, 0.15) is 12.8 Å². The van der Waals surface area contributed by atoms with Gasteiger partial charge in [0.15, 0.2) is 0 Å². The van der Waals surface area contributed by atoms with E-state index in [0.29, 0.717) is 0 Å². The van der Waals surface area contributed by atoms with E-state index in [0.717, 1.165) is 18.2 Å². The standard InChI is InChI=1S/C13H13N3S/c1-2-12(17-7-1)11-8-13-15(9-10-3-4-10)5-6-16(13)14-11/h1-2,5-8,10H,3-4,9H2. The minimum atomic E-state index is 0.895. The van der Waals surface area contributed by atoms with E-state index in [4.69, 9.17) is 0 Å². The molecule has 3 nitrogen and oxygen atoms in total. The Labute approximate surface area is 103 Å². The molecule has 4 rings (SSSR count). The third kappa shape index (κ3) is 1.60. The van der Waals surface area contributed by atoms with Crippen molar-refractivity contribution in [3.05, 3.63) is 36.0 Å². The maximum atomic E-state index is 4.61. The summed E-state index contributed by atoms with van der Waals surface area (Å²) in [5, 5.41) is 6.70. The second-order valence-corrected chi connectivity index (χ2v) is 5.65. The molecule has 1 saturated carbocycles. The van der Waals surface area contributed by atoms with Gasteiger partial charge < -0.3 is 4.57 Å². The SMILES string of the molecule is c1csc(-c2cc3n(CC4CC4)ccn3n2)c1. The van der Waals surface area contributed by atoms with E-state index < -0.39 is 0 Å². The lowest BCUT2D eigenvalue weighted by Gasteiger charge is -1.99. The van der Waals surface area contributed by atoms with Crippen LogP contribution in [0.3, 0.4) is 0 Å². The average molecular weight is 243 g/mol. The molecule has 0 spiro atoms. The van der Waals surface area contributed by atoms with Crippen molar-refractivity contribution >= 4 is 17.0 Å². The molecular weight excluding hydrogens is 230 g/mol. The highest BCUT2D eigenvalue weighted by Gasteiger charge is 2.22. The summed E-state index contributed by atoms with van der Waals surface area (Å²) >= 11 is 1.74. The van der Waals surface area contributed by atoms with Gasteiger partial charge in [-0.05, 0) is 30.2 Å². The summed E-state index contributed by atoms with van der Waals surface area (Å²) in [6.45, 7) is 1.14. The summed E-state index contributed by atoms with van der Waals surface area (Å²) < 4.78 is 4.30. The predicted molar refractivity (Wildman–Crippen MR) is 69.2 cm³/mol. The number of hydrogen-bond acceptors (Lipinski definition) is 2. The first-order valence-electron chi connectivity index (χ1n) is 5.98. The molecule has 0 bridgehead atoms. The van der Waals surface area contributed by atoms with Crippen molar-refractivity contribution in [2.24, 2.45) is 5.92 Å². The summed E-state index contributed by atoms with van der Waals surface area (Å²) in [6.07, 6.45) is 6.96. The number of nitrogens with zero attached hydrogens (tertiary/aromatic N) is 3. The zero-order valence-corrected chi connectivity index (χ0v) is 10.2. The number of fused-ring (bicyclic) bond motifs is 1. The Morgan fingerprint density at radius 2 is 2.29 bits per heavy atom. The molecule has 3 aromatic rings. The Morgan fingerprint density at radius 1 is 1.35 bits per heavy atom. The second kappa shape index (κ2) is 3.47. The summed E-state index contributed by atoms with van der Waals surface area (Å²) in [6, 6.07) is 6.38. The van der Waals surface area contributed by atoms with Crippen LogP contribution in [-0.2, 0) is 6.54 Å². The molecule has 17 heavy (non-hydrogen) atoms. The van der Waals surface area contributed by atoms with Crippen LogP contribution in [0.4, 0.5) is 0 Å². The molecule has 0 saturated heterocycles. The third-order valence-corrected chi connectivity index (χ3v) is 4.22. The van der Waals surface area contributed by atoms with Crippen LogP contribution in [0.2, 0.25) is 0 Å². The summed E-state index contributed by atoms with van der Waals surface area (Å²) in [7, 11) is 0. The lowest BCUT2D eigenvalue weighted by molar-refractivity contribution is 0.644. The van der Waals surface area contributed by atoms with E-state index in [2.05, 4.69) is 45.6 Å². The largest absolute Gasteiger partial charge is 0.331 e. The molecule has 1 fully saturated rings. The van der Waals surface area contributed by atoms with Gasteiger partial charge in [-0.15, -0.1) is 11.3 Å². The number of aromatic nitrogens is 3. The van der Waals surface area contributed by atoms with Gasteiger partial charge in [0.2, 0.25) is 0 Å².